The minimum Gasteiger partial charge on any atom is -0.482 e. The van der Waals surface area contributed by atoms with E-state index in [1.807, 2.05) is 0 Å². The van der Waals surface area contributed by atoms with E-state index in [2.05, 4.69) is 15.4 Å². The van der Waals surface area contributed by atoms with Gasteiger partial charge in [-0.3, -0.25) is 14.4 Å². The molecule has 3 amide bonds. The molecule has 2 atom stereocenters. The Hall–Kier alpha value is -6.63. The number of amides is 3. The Balaban J connectivity index is 1.30. The number of hydrogen-bond donors (Lipinski definition) is 2. The van der Waals surface area contributed by atoms with E-state index in [0.717, 1.165) is 17.0 Å². The highest BCUT2D eigenvalue weighted by molar-refractivity contribution is 6.00. The lowest BCUT2D eigenvalue weighted by atomic mass is 9.87. The van der Waals surface area contributed by atoms with Gasteiger partial charge in [-0.25, -0.2) is 23.0 Å². The zero-order chi connectivity index (χ0) is 43.5. The second kappa shape index (κ2) is 17.3. The van der Waals surface area contributed by atoms with Gasteiger partial charge in [0, 0.05) is 23.0 Å². The van der Waals surface area contributed by atoms with Crippen molar-refractivity contribution >= 4 is 46.8 Å². The summed E-state index contributed by atoms with van der Waals surface area (Å²) in [6, 6.07) is 17.9. The van der Waals surface area contributed by atoms with Crippen molar-refractivity contribution in [2.75, 3.05) is 36.7 Å². The van der Waals surface area contributed by atoms with Gasteiger partial charge in [0.25, 0.3) is 11.9 Å². The lowest BCUT2D eigenvalue weighted by molar-refractivity contribution is -0.156. The summed E-state index contributed by atoms with van der Waals surface area (Å²) in [5.41, 5.74) is 7.29. The lowest BCUT2D eigenvalue weighted by Gasteiger charge is -2.34. The number of nitrogens with one attached hydrogen (secondary N) is 1. The van der Waals surface area contributed by atoms with Gasteiger partial charge in [-0.1, -0.05) is 45.0 Å². The van der Waals surface area contributed by atoms with Crippen molar-refractivity contribution in [3.05, 3.63) is 102 Å². The van der Waals surface area contributed by atoms with Gasteiger partial charge in [-0.15, -0.1) is 5.10 Å². The number of ether oxygens (including phenoxy) is 3. The van der Waals surface area contributed by atoms with Gasteiger partial charge in [0.05, 0.1) is 24.7 Å². The number of likely N-dealkylation sites (tertiary alicyclic amines) is 1. The maximum atomic E-state index is 13.8. The summed E-state index contributed by atoms with van der Waals surface area (Å²) in [4.78, 5) is 58.5. The Morgan fingerprint density at radius 3 is 2.23 bits per heavy atom. The van der Waals surface area contributed by atoms with E-state index in [1.54, 1.807) is 70.3 Å². The maximum absolute atomic E-state index is 13.8. The third-order valence-electron chi connectivity index (χ3n) is 9.49. The van der Waals surface area contributed by atoms with Crippen LogP contribution in [0.15, 0.2) is 85.1 Å². The van der Waals surface area contributed by atoms with Crippen LogP contribution < -0.4 is 20.7 Å². The Morgan fingerprint density at radius 1 is 0.933 bits per heavy atom. The molecule has 1 aliphatic heterocycles. The van der Waals surface area contributed by atoms with Crippen LogP contribution in [0, 0.1) is 11.2 Å². The molecule has 0 spiro atoms. The fourth-order valence-corrected chi connectivity index (χ4v) is 5.85. The first-order valence-corrected chi connectivity index (χ1v) is 18.5. The highest BCUT2D eigenvalue weighted by Gasteiger charge is 2.35. The van der Waals surface area contributed by atoms with Crippen molar-refractivity contribution in [2.45, 2.75) is 52.0 Å². The van der Waals surface area contributed by atoms with Crippen molar-refractivity contribution in [3.63, 3.8) is 0 Å². The van der Waals surface area contributed by atoms with E-state index in [-0.39, 0.29) is 35.9 Å². The van der Waals surface area contributed by atoms with Crippen LogP contribution in [0.5, 0.6) is 5.75 Å². The highest BCUT2D eigenvalue weighted by Crippen LogP contribution is 2.37. The molecule has 60 heavy (non-hydrogen) atoms. The van der Waals surface area contributed by atoms with Gasteiger partial charge in [-0.05, 0) is 78.1 Å². The molecule has 6 rings (SSSR count). The predicted molar refractivity (Wildman–Crippen MR) is 208 cm³/mol. The lowest BCUT2D eigenvalue weighted by Crippen LogP contribution is -2.51. The fourth-order valence-electron chi connectivity index (χ4n) is 5.85. The SMILES string of the molecule is CC(C(=O)Nc1ccc(-c2ccc3nc(N(C(=O)OCOC(=O)C(N)C(C)(C)C)c4ccc(C(=O)N5CC(F)C5)cc4OCC(F)(F)F)nn3c2)cc1)c1ccc(F)cc1. The molecule has 1 fully saturated rings. The third-order valence-corrected chi connectivity index (χ3v) is 9.49. The quantitative estimate of drug-likeness (QED) is 0.0747. The van der Waals surface area contributed by atoms with Crippen LogP contribution in [-0.2, 0) is 19.1 Å². The number of pyridine rings is 1. The Morgan fingerprint density at radius 2 is 1.60 bits per heavy atom. The van der Waals surface area contributed by atoms with Crippen LogP contribution in [0.3, 0.4) is 0 Å². The number of esters is 1. The fraction of sp³-hybridized carbons (Fsp3) is 0.317. The zero-order valence-corrected chi connectivity index (χ0v) is 32.7. The number of alkyl halides is 4. The number of aromatic nitrogens is 3. The molecular formula is C41H40F5N7O7. The van der Waals surface area contributed by atoms with E-state index < -0.39 is 78.6 Å². The molecule has 14 nitrogen and oxygen atoms in total. The monoisotopic (exact) mass is 837 g/mol. The number of carbonyl (C=O) groups excluding carboxylic acids is 4. The molecule has 0 bridgehead atoms. The Kier molecular flexibility index (Phi) is 12.4. The first-order valence-electron chi connectivity index (χ1n) is 18.5. The number of nitrogens with two attached hydrogens (primary N) is 1. The number of carbonyl (C=O) groups is 4. The molecule has 1 saturated heterocycles. The minimum absolute atomic E-state index is 0.151. The van der Waals surface area contributed by atoms with Crippen molar-refractivity contribution in [1.29, 1.82) is 0 Å². The second-order valence-electron chi connectivity index (χ2n) is 15.0. The normalized spacial score (nSPS) is 14.2. The number of fused-ring (bicyclic) bond motifs is 1. The van der Waals surface area contributed by atoms with Crippen molar-refractivity contribution in [1.82, 2.24) is 19.5 Å². The molecule has 0 saturated carbocycles. The van der Waals surface area contributed by atoms with Crippen molar-refractivity contribution in [2.24, 2.45) is 11.1 Å². The van der Waals surface area contributed by atoms with Gasteiger partial charge in [0.1, 0.15) is 23.8 Å². The molecule has 2 unspecified atom stereocenters. The van der Waals surface area contributed by atoms with Gasteiger partial charge >= 0.3 is 18.2 Å². The maximum Gasteiger partial charge on any atom is 0.424 e. The summed E-state index contributed by atoms with van der Waals surface area (Å²) < 4.78 is 84.0. The Bertz CT molecular complexity index is 2380. The summed E-state index contributed by atoms with van der Waals surface area (Å²) in [5, 5.41) is 7.24. The highest BCUT2D eigenvalue weighted by atomic mass is 19.4. The molecule has 0 radical (unpaired) electrons. The van der Waals surface area contributed by atoms with Crippen LogP contribution in [0.4, 0.5) is 44.1 Å². The summed E-state index contributed by atoms with van der Waals surface area (Å²) in [6.07, 6.45) is -5.84. The molecule has 19 heteroatoms. The number of anilines is 3. The van der Waals surface area contributed by atoms with E-state index in [0.29, 0.717) is 27.3 Å². The van der Waals surface area contributed by atoms with Crippen LogP contribution in [0.25, 0.3) is 16.8 Å². The molecular weight excluding hydrogens is 797 g/mol. The molecule has 5 aromatic rings. The topological polar surface area (TPSA) is 171 Å². The van der Waals surface area contributed by atoms with Crippen LogP contribution in [-0.4, -0.2) is 88.3 Å². The zero-order valence-electron chi connectivity index (χ0n) is 32.7. The second-order valence-corrected chi connectivity index (χ2v) is 15.0. The van der Waals surface area contributed by atoms with Crippen LogP contribution >= 0.6 is 0 Å². The van der Waals surface area contributed by atoms with Crippen LogP contribution in [0.2, 0.25) is 0 Å². The van der Waals surface area contributed by atoms with E-state index in [9.17, 15) is 41.1 Å². The predicted octanol–water partition coefficient (Wildman–Crippen LogP) is 7.16. The summed E-state index contributed by atoms with van der Waals surface area (Å²) >= 11 is 0. The number of rotatable bonds is 12. The Labute approximate surface area is 340 Å². The van der Waals surface area contributed by atoms with E-state index in [4.69, 9.17) is 19.9 Å². The van der Waals surface area contributed by atoms with Gasteiger partial charge in [0.2, 0.25) is 12.7 Å². The molecule has 3 N–H and O–H groups in total. The molecule has 3 aromatic carbocycles. The molecule has 316 valence electrons. The largest absolute Gasteiger partial charge is 0.482 e. The van der Waals surface area contributed by atoms with Crippen LogP contribution in [0.1, 0.15) is 49.5 Å². The van der Waals surface area contributed by atoms with E-state index in [1.165, 1.54) is 34.8 Å². The smallest absolute Gasteiger partial charge is 0.424 e. The molecule has 0 aliphatic carbocycles. The first-order chi connectivity index (χ1) is 28.3. The minimum atomic E-state index is -4.84. The summed E-state index contributed by atoms with van der Waals surface area (Å²) in [6.45, 7) is 3.58. The first kappa shape index (κ1) is 43.0. The molecule has 2 aromatic heterocycles. The average molecular weight is 838 g/mol. The molecule has 3 heterocycles. The standard InChI is InChI=1S/C41H40F5N7O7/c1-23(24-5-11-28(42)12-6-24)35(54)48-30-13-7-25(8-14-30)27-10-16-33-49-38(50-52(33)18-27)53(39(57)60-22-59-37(56)34(47)40(2,3)4)31-15-9-26(36(55)51-19-29(43)20-51)17-32(31)58-21-41(44,45)46/h5-18,23,29,34H,19-22,47H2,1-4H3,(H,48,54). The van der Waals surface area contributed by atoms with Crippen molar-refractivity contribution < 1.29 is 55.3 Å². The molecule has 1 aliphatic rings. The van der Waals surface area contributed by atoms with E-state index >= 15 is 0 Å². The number of nitrogens with zero attached hydrogens (tertiary/aromatic N) is 5. The van der Waals surface area contributed by atoms with Crippen molar-refractivity contribution in [3.8, 4) is 16.9 Å². The van der Waals surface area contributed by atoms with Gasteiger partial charge in [0.15, 0.2) is 12.3 Å². The number of halogens is 5. The number of benzene rings is 3. The summed E-state index contributed by atoms with van der Waals surface area (Å²) in [5.74, 6) is -3.87. The summed E-state index contributed by atoms with van der Waals surface area (Å²) in [7, 11) is 0. The number of hydrogen-bond acceptors (Lipinski definition) is 10. The van der Waals surface area contributed by atoms with Gasteiger partial charge in [-0.2, -0.15) is 18.2 Å². The van der Waals surface area contributed by atoms with Gasteiger partial charge < -0.3 is 30.2 Å². The third kappa shape index (κ3) is 10.1. The average Bonchev–Trinajstić information content (AvgIpc) is 3.61.